The molecule has 9 rings (SSSR count). The quantitative estimate of drug-likeness (QED) is 0.282. The fourth-order valence-corrected chi connectivity index (χ4v) is 9.88. The van der Waals surface area contributed by atoms with Gasteiger partial charge in [0.15, 0.2) is 23.4 Å². The van der Waals surface area contributed by atoms with Crippen molar-refractivity contribution < 1.29 is 33.1 Å². The van der Waals surface area contributed by atoms with E-state index < -0.39 is 24.9 Å². The topological polar surface area (TPSA) is 105 Å². The van der Waals surface area contributed by atoms with E-state index >= 15 is 0 Å². The van der Waals surface area contributed by atoms with Crippen molar-refractivity contribution in [2.75, 3.05) is 13.2 Å². The zero-order chi connectivity index (χ0) is 27.1. The van der Waals surface area contributed by atoms with E-state index in [2.05, 4.69) is 23.1 Å². The molecule has 7 unspecified atom stereocenters. The lowest BCUT2D eigenvalue weighted by atomic mass is 9.59. The number of piperidine rings is 1. The lowest BCUT2D eigenvalue weighted by Gasteiger charge is -2.47. The summed E-state index contributed by atoms with van der Waals surface area (Å²) in [5, 5.41) is 12.2. The zero-order valence-electron chi connectivity index (χ0n) is 22.2. The molecule has 2 aromatic rings. The Hall–Kier alpha value is -2.48. The van der Waals surface area contributed by atoms with Gasteiger partial charge in [-0.25, -0.2) is 4.57 Å². The average molecular weight is 562 g/mol. The summed E-state index contributed by atoms with van der Waals surface area (Å²) in [5.74, 6) is 1.09. The summed E-state index contributed by atoms with van der Waals surface area (Å²) in [4.78, 5) is 26.3. The van der Waals surface area contributed by atoms with Gasteiger partial charge in [-0.3, -0.25) is 19.1 Å². The van der Waals surface area contributed by atoms with Crippen molar-refractivity contribution in [1.29, 1.82) is 0 Å². The van der Waals surface area contributed by atoms with Crippen LogP contribution in [0.3, 0.4) is 0 Å². The number of ketones is 1. The Labute approximate surface area is 232 Å². The van der Waals surface area contributed by atoms with Crippen LogP contribution in [0.15, 0.2) is 48.0 Å². The van der Waals surface area contributed by atoms with Crippen LogP contribution in [0.2, 0.25) is 0 Å². The molecule has 7 aliphatic rings. The maximum Gasteiger partial charge on any atom is 0.527 e. The zero-order valence-corrected chi connectivity index (χ0v) is 23.1. The average Bonchev–Trinajstić information content (AvgIpc) is 3.77. The third-order valence-electron chi connectivity index (χ3n) is 10.9. The number of phosphoric acid groups is 1. The number of ether oxygens (including phenoxy) is 1. The molecular weight excluding hydrogens is 529 g/mol. The molecule has 0 radical (unpaired) electrons. The summed E-state index contributed by atoms with van der Waals surface area (Å²) >= 11 is 0. The number of aliphatic hydroxyl groups is 1. The van der Waals surface area contributed by atoms with Crippen LogP contribution in [0.25, 0.3) is 0 Å². The standard InChI is InChI=1S/C31H32NO7P/c33-23-11-13-31(34)28-30(32(28)16-19-5-6-19)17-29(31)25-22(30)9-10-24(26(25)38-27(23)29)39-40(35,36)37-14-12-18-7-8-20-3-1-2-4-21(20)15-18/h1-4,7,9-10,19,27-28,34H,5-6,8,11-17H2,(H,35,36). The molecule has 2 spiro atoms. The summed E-state index contributed by atoms with van der Waals surface area (Å²) < 4.78 is 30.4. The number of allylic oxidation sites excluding steroid dienone is 1. The molecule has 40 heavy (non-hydrogen) atoms. The van der Waals surface area contributed by atoms with E-state index in [0.29, 0.717) is 30.9 Å². The molecule has 5 aliphatic carbocycles. The van der Waals surface area contributed by atoms with Gasteiger partial charge in [0.1, 0.15) is 0 Å². The van der Waals surface area contributed by atoms with E-state index in [1.165, 1.54) is 29.5 Å². The Morgan fingerprint density at radius 1 is 1.15 bits per heavy atom. The molecule has 2 aromatic carbocycles. The molecule has 2 aliphatic heterocycles. The van der Waals surface area contributed by atoms with Gasteiger partial charge in [-0.15, -0.1) is 0 Å². The normalized spacial score (nSPS) is 38.6. The van der Waals surface area contributed by atoms with Crippen LogP contribution in [-0.2, 0) is 37.7 Å². The van der Waals surface area contributed by atoms with E-state index in [9.17, 15) is 19.4 Å². The molecule has 208 valence electrons. The number of hydrogen-bond donors (Lipinski definition) is 2. The predicted octanol–water partition coefficient (Wildman–Crippen LogP) is 4.10. The first kappa shape index (κ1) is 24.2. The van der Waals surface area contributed by atoms with Gasteiger partial charge in [-0.2, -0.15) is 0 Å². The van der Waals surface area contributed by atoms with Crippen LogP contribution < -0.4 is 9.26 Å². The second-order valence-electron chi connectivity index (χ2n) is 12.9. The molecule has 2 N–H and O–H groups in total. The third-order valence-corrected chi connectivity index (χ3v) is 11.9. The number of benzene rings is 2. The van der Waals surface area contributed by atoms with E-state index in [-0.39, 0.29) is 36.1 Å². The van der Waals surface area contributed by atoms with Gasteiger partial charge in [0.25, 0.3) is 0 Å². The highest BCUT2D eigenvalue weighted by Crippen LogP contribution is 2.82. The van der Waals surface area contributed by atoms with Gasteiger partial charge in [0, 0.05) is 18.5 Å². The first-order valence-electron chi connectivity index (χ1n) is 14.5. The van der Waals surface area contributed by atoms with Gasteiger partial charge in [0.05, 0.1) is 29.2 Å². The molecule has 2 bridgehead atoms. The van der Waals surface area contributed by atoms with E-state index in [1.54, 1.807) is 6.07 Å². The molecule has 9 heteroatoms. The molecular formula is C31H32NO7P. The molecule has 1 saturated heterocycles. The summed E-state index contributed by atoms with van der Waals surface area (Å²) in [6.07, 6.45) is 7.37. The van der Waals surface area contributed by atoms with Crippen molar-refractivity contribution in [2.24, 2.45) is 5.92 Å². The van der Waals surface area contributed by atoms with Crippen LogP contribution in [0.4, 0.5) is 0 Å². The van der Waals surface area contributed by atoms with Crippen LogP contribution in [0.5, 0.6) is 11.5 Å². The highest BCUT2D eigenvalue weighted by atomic mass is 31.2. The van der Waals surface area contributed by atoms with Crippen molar-refractivity contribution in [1.82, 2.24) is 4.90 Å². The minimum Gasteiger partial charge on any atom is -0.477 e. The fraction of sp³-hybridized carbons (Fsp3) is 0.516. The number of rotatable bonds is 8. The minimum atomic E-state index is -4.47. The van der Waals surface area contributed by atoms with Crippen molar-refractivity contribution in [3.63, 3.8) is 0 Å². The van der Waals surface area contributed by atoms with Crippen molar-refractivity contribution in [3.8, 4) is 11.5 Å². The van der Waals surface area contributed by atoms with Gasteiger partial charge in [-0.05, 0) is 73.6 Å². The lowest BCUT2D eigenvalue weighted by molar-refractivity contribution is -0.148. The largest absolute Gasteiger partial charge is 0.527 e. The highest BCUT2D eigenvalue weighted by Gasteiger charge is 2.91. The van der Waals surface area contributed by atoms with E-state index in [4.69, 9.17) is 13.8 Å². The fourth-order valence-electron chi connectivity index (χ4n) is 9.12. The SMILES string of the molecule is O=C1CCC2(O)C3N(CC4CC4)C34CC23c2c4ccc(OP(=O)(O)OCCC4=CCc5ccccc5C4)c2OC13. The number of phosphoric ester groups is 1. The van der Waals surface area contributed by atoms with Gasteiger partial charge >= 0.3 is 7.82 Å². The maximum absolute atomic E-state index is 13.2. The number of carbonyl (C=O) groups excluding carboxylic acids is 1. The molecule has 8 nitrogen and oxygen atoms in total. The summed E-state index contributed by atoms with van der Waals surface area (Å²) in [6, 6.07) is 11.9. The van der Waals surface area contributed by atoms with Crippen LogP contribution in [0, 0.1) is 5.92 Å². The molecule has 2 heterocycles. The third kappa shape index (κ3) is 2.91. The Bertz CT molecular complexity index is 1580. The molecule has 0 aromatic heterocycles. The summed E-state index contributed by atoms with van der Waals surface area (Å²) in [5.41, 5.74) is 3.50. The van der Waals surface area contributed by atoms with Crippen molar-refractivity contribution in [3.05, 3.63) is 70.3 Å². The number of fused-ring (bicyclic) bond motifs is 2. The van der Waals surface area contributed by atoms with Crippen LogP contribution >= 0.6 is 7.82 Å². The highest BCUT2D eigenvalue weighted by molar-refractivity contribution is 7.47. The molecule has 4 fully saturated rings. The number of Topliss-reactive ketones (excluding diaryl/α,β-unsaturated/α-hetero) is 1. The monoisotopic (exact) mass is 561 g/mol. The number of hydrogen-bond acceptors (Lipinski definition) is 7. The number of likely N-dealkylation sites (tertiary alicyclic amines) is 1. The summed E-state index contributed by atoms with van der Waals surface area (Å²) in [6.45, 7) is 1.02. The second-order valence-corrected chi connectivity index (χ2v) is 14.3. The van der Waals surface area contributed by atoms with Gasteiger partial charge < -0.3 is 14.4 Å². The Balaban J connectivity index is 0.984. The number of nitrogens with zero attached hydrogens (tertiary/aromatic N) is 1. The Kier molecular flexibility index (Phi) is 4.63. The van der Waals surface area contributed by atoms with Crippen molar-refractivity contribution >= 4 is 13.6 Å². The number of carbonyl (C=O) groups is 1. The molecule has 3 saturated carbocycles. The predicted molar refractivity (Wildman–Crippen MR) is 144 cm³/mol. The second kappa shape index (κ2) is 7.67. The van der Waals surface area contributed by atoms with E-state index in [0.717, 1.165) is 30.5 Å². The lowest BCUT2D eigenvalue weighted by Crippen LogP contribution is -2.64. The van der Waals surface area contributed by atoms with Gasteiger partial charge in [-0.1, -0.05) is 42.0 Å². The van der Waals surface area contributed by atoms with Gasteiger partial charge in [0.2, 0.25) is 0 Å². The first-order chi connectivity index (χ1) is 19.3. The maximum atomic E-state index is 13.2. The summed E-state index contributed by atoms with van der Waals surface area (Å²) in [7, 11) is -4.47. The van der Waals surface area contributed by atoms with E-state index in [1.807, 2.05) is 18.2 Å². The molecule has 0 amide bonds. The first-order valence-corrected chi connectivity index (χ1v) is 16.0. The Morgan fingerprint density at radius 2 is 1.98 bits per heavy atom. The van der Waals surface area contributed by atoms with Crippen LogP contribution in [0.1, 0.15) is 60.8 Å². The molecule has 7 atom stereocenters. The smallest absolute Gasteiger partial charge is 0.477 e. The van der Waals surface area contributed by atoms with Crippen molar-refractivity contribution in [2.45, 2.75) is 80.1 Å². The van der Waals surface area contributed by atoms with Crippen LogP contribution in [-0.4, -0.2) is 51.6 Å². The minimum absolute atomic E-state index is 0.00153. The Morgan fingerprint density at radius 3 is 2.80 bits per heavy atom.